The maximum atomic E-state index is 8.89. The number of aromatic hydroxyl groups is 1. The molecule has 0 aromatic heterocycles. The van der Waals surface area contributed by atoms with E-state index in [9.17, 15) is 0 Å². The molecule has 114 valence electrons. The predicted molar refractivity (Wildman–Crippen MR) is 84.8 cm³/mol. The zero-order chi connectivity index (χ0) is 16.0. The van der Waals surface area contributed by atoms with Gasteiger partial charge in [-0.2, -0.15) is 0 Å². The molecule has 0 fully saturated rings. The van der Waals surface area contributed by atoms with Crippen LogP contribution in [0.25, 0.3) is 0 Å². The maximum absolute atomic E-state index is 8.89. The number of hydrogen-bond donors (Lipinski definition) is 5. The summed E-state index contributed by atoms with van der Waals surface area (Å²) < 4.78 is 4.97. The molecule has 0 saturated carbocycles. The first-order valence-electron chi connectivity index (χ1n) is 6.34. The van der Waals surface area contributed by atoms with Gasteiger partial charge in [-0.05, 0) is 55.8 Å². The van der Waals surface area contributed by atoms with Crippen molar-refractivity contribution in [1.82, 2.24) is 0 Å². The fraction of sp³-hybridized carbons (Fsp3) is 0.200. The van der Waals surface area contributed by atoms with Crippen LogP contribution in [0.1, 0.15) is 12.5 Å². The first-order chi connectivity index (χ1) is 9.79. The van der Waals surface area contributed by atoms with Crippen molar-refractivity contribution in [1.29, 1.82) is 0 Å². The molecule has 6 nitrogen and oxygen atoms in total. The lowest BCUT2D eigenvalue weighted by Gasteiger charge is -2.10. The molecule has 2 aromatic carbocycles. The third-order valence-corrected chi connectivity index (χ3v) is 2.58. The number of anilines is 3. The van der Waals surface area contributed by atoms with Crippen LogP contribution < -0.4 is 21.9 Å². The van der Waals surface area contributed by atoms with E-state index in [0.29, 0.717) is 22.8 Å². The van der Waals surface area contributed by atoms with Gasteiger partial charge in [0.1, 0.15) is 11.5 Å². The zero-order valence-electron chi connectivity index (χ0n) is 12.1. The van der Waals surface area contributed by atoms with Gasteiger partial charge >= 0.3 is 0 Å². The van der Waals surface area contributed by atoms with Gasteiger partial charge in [-0.25, -0.2) is 0 Å². The van der Waals surface area contributed by atoms with E-state index in [-0.39, 0.29) is 5.75 Å². The minimum Gasteiger partial charge on any atom is -0.508 e. The van der Waals surface area contributed by atoms with Gasteiger partial charge in [-0.3, -0.25) is 0 Å². The number of phenols is 1. The van der Waals surface area contributed by atoms with Gasteiger partial charge in [0, 0.05) is 11.4 Å². The molecule has 0 spiro atoms. The molecule has 0 amide bonds. The van der Waals surface area contributed by atoms with Gasteiger partial charge in [-0.15, -0.1) is 0 Å². The Kier molecular flexibility index (Phi) is 5.68. The Bertz CT molecular complexity index is 601. The van der Waals surface area contributed by atoms with Crippen molar-refractivity contribution >= 4 is 17.1 Å². The predicted octanol–water partition coefficient (Wildman–Crippen LogP) is 1.85. The highest BCUT2D eigenvalue weighted by Gasteiger charge is 2.02. The molecule has 0 heterocycles. The van der Waals surface area contributed by atoms with Crippen LogP contribution in [0.3, 0.4) is 0 Å². The standard InChI is InChI=1S/C8H12N2O2.C7H9NO/c1-5(11)12-8-3-2-6(9)4-7(8)10;1-5-4-6(9)2-3-7(5)8/h2-5,11H,9-10H2,1H3;2-4,9H,8H2,1H3. The van der Waals surface area contributed by atoms with E-state index in [2.05, 4.69) is 0 Å². The second kappa shape index (κ2) is 7.25. The fourth-order valence-corrected chi connectivity index (χ4v) is 1.52. The number of aryl methyl sites for hydroxylation is 1. The molecule has 6 heteroatoms. The molecule has 0 aliphatic heterocycles. The van der Waals surface area contributed by atoms with Gasteiger partial charge in [-0.1, -0.05) is 0 Å². The summed E-state index contributed by atoms with van der Waals surface area (Å²) in [5.74, 6) is 0.709. The van der Waals surface area contributed by atoms with Gasteiger partial charge in [0.05, 0.1) is 5.69 Å². The van der Waals surface area contributed by atoms with Gasteiger partial charge < -0.3 is 32.2 Å². The second-order valence-corrected chi connectivity index (χ2v) is 4.56. The van der Waals surface area contributed by atoms with Crippen LogP contribution in [0.15, 0.2) is 36.4 Å². The van der Waals surface area contributed by atoms with Crippen molar-refractivity contribution in [2.24, 2.45) is 0 Å². The van der Waals surface area contributed by atoms with Crippen molar-refractivity contribution in [3.63, 3.8) is 0 Å². The largest absolute Gasteiger partial charge is 0.508 e. The van der Waals surface area contributed by atoms with Crippen molar-refractivity contribution in [2.45, 2.75) is 20.1 Å². The summed E-state index contributed by atoms with van der Waals surface area (Å²) in [5, 5.41) is 17.8. The maximum Gasteiger partial charge on any atom is 0.194 e. The molecule has 8 N–H and O–H groups in total. The summed E-state index contributed by atoms with van der Waals surface area (Å²) in [7, 11) is 0. The monoisotopic (exact) mass is 291 g/mol. The normalized spacial score (nSPS) is 11.2. The summed E-state index contributed by atoms with van der Waals surface area (Å²) in [5.41, 5.74) is 19.1. The Morgan fingerprint density at radius 3 is 2.14 bits per heavy atom. The first kappa shape index (κ1) is 16.5. The Morgan fingerprint density at radius 2 is 1.67 bits per heavy atom. The van der Waals surface area contributed by atoms with E-state index in [1.54, 1.807) is 36.4 Å². The van der Waals surface area contributed by atoms with E-state index in [4.69, 9.17) is 32.2 Å². The summed E-state index contributed by atoms with van der Waals surface area (Å²) in [4.78, 5) is 0. The number of phenolic OH excluding ortho intramolecular Hbond substituents is 1. The van der Waals surface area contributed by atoms with Crippen LogP contribution in [0, 0.1) is 6.92 Å². The number of hydrogen-bond acceptors (Lipinski definition) is 6. The lowest BCUT2D eigenvalue weighted by atomic mass is 10.2. The third-order valence-electron chi connectivity index (χ3n) is 2.58. The summed E-state index contributed by atoms with van der Waals surface area (Å²) in [6.07, 6.45) is -0.865. The van der Waals surface area contributed by atoms with E-state index < -0.39 is 6.29 Å². The van der Waals surface area contributed by atoms with Gasteiger partial charge in [0.15, 0.2) is 6.29 Å². The molecular weight excluding hydrogens is 270 g/mol. The number of nitrogen functional groups attached to an aromatic ring is 3. The molecule has 2 aromatic rings. The van der Waals surface area contributed by atoms with Crippen LogP contribution in [-0.4, -0.2) is 16.5 Å². The molecule has 0 radical (unpaired) electrons. The molecular formula is C15H21N3O3. The number of aliphatic hydroxyl groups is 1. The molecule has 0 saturated heterocycles. The minimum atomic E-state index is -0.865. The molecule has 0 aliphatic rings. The van der Waals surface area contributed by atoms with E-state index in [1.807, 2.05) is 6.92 Å². The lowest BCUT2D eigenvalue weighted by Crippen LogP contribution is -2.10. The topological polar surface area (TPSA) is 128 Å². The van der Waals surface area contributed by atoms with Crippen molar-refractivity contribution in [3.05, 3.63) is 42.0 Å². The second-order valence-electron chi connectivity index (χ2n) is 4.56. The Balaban J connectivity index is 0.000000219. The van der Waals surface area contributed by atoms with Crippen LogP contribution in [-0.2, 0) is 0 Å². The summed E-state index contributed by atoms with van der Waals surface area (Å²) in [6.45, 7) is 3.37. The van der Waals surface area contributed by atoms with Crippen LogP contribution in [0.5, 0.6) is 11.5 Å². The van der Waals surface area contributed by atoms with Crippen LogP contribution >= 0.6 is 0 Å². The number of nitrogens with two attached hydrogens (primary N) is 3. The Hall–Kier alpha value is -2.60. The number of benzene rings is 2. The smallest absolute Gasteiger partial charge is 0.194 e. The van der Waals surface area contributed by atoms with E-state index in [1.165, 1.54) is 6.92 Å². The van der Waals surface area contributed by atoms with Crippen molar-refractivity contribution in [3.8, 4) is 11.5 Å². The van der Waals surface area contributed by atoms with Crippen LogP contribution in [0.2, 0.25) is 0 Å². The number of ether oxygens (including phenoxy) is 1. The molecule has 0 bridgehead atoms. The highest BCUT2D eigenvalue weighted by Crippen LogP contribution is 2.24. The van der Waals surface area contributed by atoms with E-state index >= 15 is 0 Å². The molecule has 21 heavy (non-hydrogen) atoms. The van der Waals surface area contributed by atoms with E-state index in [0.717, 1.165) is 5.56 Å². The number of aliphatic hydroxyl groups excluding tert-OH is 1. The molecule has 1 atom stereocenters. The minimum absolute atomic E-state index is 0.265. The summed E-state index contributed by atoms with van der Waals surface area (Å²) in [6, 6.07) is 9.76. The Labute approximate surface area is 123 Å². The third kappa shape index (κ3) is 5.50. The van der Waals surface area contributed by atoms with Gasteiger partial charge in [0.2, 0.25) is 0 Å². The first-order valence-corrected chi connectivity index (χ1v) is 6.34. The summed E-state index contributed by atoms with van der Waals surface area (Å²) >= 11 is 0. The highest BCUT2D eigenvalue weighted by molar-refractivity contribution is 5.60. The van der Waals surface area contributed by atoms with Crippen molar-refractivity contribution < 1.29 is 14.9 Å². The Morgan fingerprint density at radius 1 is 1.00 bits per heavy atom. The quantitative estimate of drug-likeness (QED) is 0.326. The fourth-order valence-electron chi connectivity index (χ4n) is 1.52. The van der Waals surface area contributed by atoms with Gasteiger partial charge in [0.25, 0.3) is 0 Å². The molecule has 1 unspecified atom stereocenters. The molecule has 2 rings (SSSR count). The van der Waals surface area contributed by atoms with Crippen LogP contribution in [0.4, 0.5) is 17.1 Å². The average Bonchev–Trinajstić information content (AvgIpc) is 2.38. The molecule has 0 aliphatic carbocycles. The van der Waals surface area contributed by atoms with Crippen molar-refractivity contribution in [2.75, 3.05) is 17.2 Å². The number of rotatable bonds is 2. The lowest BCUT2D eigenvalue weighted by molar-refractivity contribution is 0.000282. The SMILES string of the molecule is CC(O)Oc1ccc(N)cc1N.Cc1cc(O)ccc1N. The zero-order valence-corrected chi connectivity index (χ0v) is 12.1. The highest BCUT2D eigenvalue weighted by atomic mass is 16.6. The average molecular weight is 291 g/mol.